The highest BCUT2D eigenvalue weighted by molar-refractivity contribution is 7.18. The molecular weight excluding hydrogens is 226 g/mol. The standard InChI is InChI=1S/C10H15N3O2S/c1-12(8-5-3-2-4-6-8)10-11-7-9(16-10)13(14)15/h7-8H,2-6H2,1H3. The van der Waals surface area contributed by atoms with Gasteiger partial charge in [0.05, 0.1) is 4.92 Å². The van der Waals surface area contributed by atoms with Crippen molar-refractivity contribution in [3.05, 3.63) is 16.3 Å². The maximum absolute atomic E-state index is 10.6. The van der Waals surface area contributed by atoms with Gasteiger partial charge in [0.2, 0.25) is 0 Å². The summed E-state index contributed by atoms with van der Waals surface area (Å²) in [6.07, 6.45) is 7.50. The Bertz CT molecular complexity index is 374. The Morgan fingerprint density at radius 1 is 1.50 bits per heavy atom. The van der Waals surface area contributed by atoms with Gasteiger partial charge in [-0.3, -0.25) is 10.1 Å². The largest absolute Gasteiger partial charge is 0.348 e. The van der Waals surface area contributed by atoms with Crippen molar-refractivity contribution in [3.8, 4) is 0 Å². The van der Waals surface area contributed by atoms with E-state index in [9.17, 15) is 10.1 Å². The van der Waals surface area contributed by atoms with E-state index in [-0.39, 0.29) is 9.92 Å². The highest BCUT2D eigenvalue weighted by atomic mass is 32.1. The molecule has 0 aliphatic heterocycles. The predicted molar refractivity (Wildman–Crippen MR) is 64.0 cm³/mol. The van der Waals surface area contributed by atoms with Crippen molar-refractivity contribution in [2.24, 2.45) is 0 Å². The van der Waals surface area contributed by atoms with Gasteiger partial charge in [-0.25, -0.2) is 4.98 Å². The minimum Gasteiger partial charge on any atom is -0.348 e. The van der Waals surface area contributed by atoms with Crippen LogP contribution in [0.4, 0.5) is 10.1 Å². The first-order valence-electron chi connectivity index (χ1n) is 5.51. The van der Waals surface area contributed by atoms with Crippen LogP contribution in [0.1, 0.15) is 32.1 Å². The van der Waals surface area contributed by atoms with E-state index in [1.165, 1.54) is 38.3 Å². The fourth-order valence-electron chi connectivity index (χ4n) is 2.13. The second-order valence-corrected chi connectivity index (χ2v) is 5.13. The quantitative estimate of drug-likeness (QED) is 0.603. The molecule has 0 atom stereocenters. The molecule has 88 valence electrons. The summed E-state index contributed by atoms with van der Waals surface area (Å²) in [7, 11) is 1.98. The fraction of sp³-hybridized carbons (Fsp3) is 0.700. The normalized spacial score (nSPS) is 17.3. The first-order chi connectivity index (χ1) is 7.68. The van der Waals surface area contributed by atoms with Gasteiger partial charge in [0.15, 0.2) is 5.13 Å². The van der Waals surface area contributed by atoms with E-state index in [4.69, 9.17) is 0 Å². The molecule has 0 amide bonds. The zero-order chi connectivity index (χ0) is 11.5. The van der Waals surface area contributed by atoms with Crippen molar-refractivity contribution in [2.75, 3.05) is 11.9 Å². The summed E-state index contributed by atoms with van der Waals surface area (Å²) < 4.78 is 0. The minimum absolute atomic E-state index is 0.123. The second-order valence-electron chi connectivity index (χ2n) is 4.14. The number of hydrogen-bond donors (Lipinski definition) is 0. The predicted octanol–water partition coefficient (Wildman–Crippen LogP) is 2.82. The van der Waals surface area contributed by atoms with Gasteiger partial charge in [-0.05, 0) is 24.2 Å². The molecule has 1 heterocycles. The Morgan fingerprint density at radius 3 is 2.75 bits per heavy atom. The second kappa shape index (κ2) is 4.78. The molecule has 0 radical (unpaired) electrons. The summed E-state index contributed by atoms with van der Waals surface area (Å²) >= 11 is 1.16. The highest BCUT2D eigenvalue weighted by Crippen LogP contribution is 2.31. The SMILES string of the molecule is CN(c1ncc([N+](=O)[O-])s1)C1CCCCC1. The van der Waals surface area contributed by atoms with Gasteiger partial charge in [0.1, 0.15) is 6.20 Å². The molecule has 1 aliphatic carbocycles. The van der Waals surface area contributed by atoms with E-state index in [0.29, 0.717) is 6.04 Å². The zero-order valence-corrected chi connectivity index (χ0v) is 10.1. The van der Waals surface area contributed by atoms with Crippen LogP contribution < -0.4 is 4.90 Å². The molecule has 1 fully saturated rings. The van der Waals surface area contributed by atoms with E-state index in [0.717, 1.165) is 16.5 Å². The van der Waals surface area contributed by atoms with Crippen molar-refractivity contribution in [3.63, 3.8) is 0 Å². The van der Waals surface area contributed by atoms with E-state index < -0.39 is 0 Å². The van der Waals surface area contributed by atoms with Gasteiger partial charge in [-0.2, -0.15) is 0 Å². The van der Waals surface area contributed by atoms with Gasteiger partial charge in [0.25, 0.3) is 0 Å². The molecule has 6 heteroatoms. The lowest BCUT2D eigenvalue weighted by Crippen LogP contribution is -2.33. The Kier molecular flexibility index (Phi) is 3.38. The molecule has 0 unspecified atom stereocenters. The maximum atomic E-state index is 10.6. The van der Waals surface area contributed by atoms with E-state index in [2.05, 4.69) is 9.88 Å². The third-order valence-corrected chi connectivity index (χ3v) is 4.12. The van der Waals surface area contributed by atoms with Crippen molar-refractivity contribution in [1.29, 1.82) is 0 Å². The smallest absolute Gasteiger partial charge is 0.345 e. The molecule has 0 N–H and O–H groups in total. The number of nitrogens with zero attached hydrogens (tertiary/aromatic N) is 3. The number of aromatic nitrogens is 1. The summed E-state index contributed by atoms with van der Waals surface area (Å²) in [5.74, 6) is 0. The van der Waals surface area contributed by atoms with Crippen molar-refractivity contribution in [2.45, 2.75) is 38.1 Å². The van der Waals surface area contributed by atoms with E-state index in [1.807, 2.05) is 7.05 Å². The minimum atomic E-state index is -0.379. The van der Waals surface area contributed by atoms with Crippen LogP contribution in [0.2, 0.25) is 0 Å². The monoisotopic (exact) mass is 241 g/mol. The average Bonchev–Trinajstić information content (AvgIpc) is 2.78. The van der Waals surface area contributed by atoms with Crippen molar-refractivity contribution >= 4 is 21.5 Å². The summed E-state index contributed by atoms with van der Waals surface area (Å²) in [5, 5.41) is 11.5. The summed E-state index contributed by atoms with van der Waals surface area (Å²) in [6.45, 7) is 0. The third-order valence-electron chi connectivity index (χ3n) is 3.09. The molecule has 1 aromatic rings. The number of rotatable bonds is 3. The van der Waals surface area contributed by atoms with Crippen LogP contribution in [-0.4, -0.2) is 23.0 Å². The molecule has 5 nitrogen and oxygen atoms in total. The summed E-state index contributed by atoms with van der Waals surface area (Å²) in [4.78, 5) is 16.4. The Morgan fingerprint density at radius 2 is 2.19 bits per heavy atom. The molecule has 1 saturated carbocycles. The zero-order valence-electron chi connectivity index (χ0n) is 9.26. The molecule has 0 saturated heterocycles. The fourth-order valence-corrected chi connectivity index (χ4v) is 2.89. The Balaban J connectivity index is 2.07. The first-order valence-corrected chi connectivity index (χ1v) is 6.33. The molecule has 0 aromatic carbocycles. The average molecular weight is 241 g/mol. The lowest BCUT2D eigenvalue weighted by Gasteiger charge is -2.30. The van der Waals surface area contributed by atoms with Crippen LogP contribution in [0.25, 0.3) is 0 Å². The van der Waals surface area contributed by atoms with Crippen LogP contribution in [-0.2, 0) is 0 Å². The van der Waals surface area contributed by atoms with Gasteiger partial charge in [-0.15, -0.1) is 0 Å². The molecular formula is C10H15N3O2S. The summed E-state index contributed by atoms with van der Waals surface area (Å²) in [5.41, 5.74) is 0. The van der Waals surface area contributed by atoms with Gasteiger partial charge < -0.3 is 4.90 Å². The maximum Gasteiger partial charge on any atom is 0.345 e. The molecule has 0 spiro atoms. The lowest BCUT2D eigenvalue weighted by molar-refractivity contribution is -0.380. The molecule has 1 aliphatic rings. The number of nitro groups is 1. The number of hydrogen-bond acceptors (Lipinski definition) is 5. The topological polar surface area (TPSA) is 59.3 Å². The van der Waals surface area contributed by atoms with Crippen LogP contribution in [0.15, 0.2) is 6.20 Å². The summed E-state index contributed by atoms with van der Waals surface area (Å²) in [6, 6.07) is 0.500. The van der Waals surface area contributed by atoms with Crippen molar-refractivity contribution in [1.82, 2.24) is 4.98 Å². The lowest BCUT2D eigenvalue weighted by atomic mass is 9.95. The van der Waals surface area contributed by atoms with Gasteiger partial charge >= 0.3 is 5.00 Å². The molecule has 16 heavy (non-hydrogen) atoms. The van der Waals surface area contributed by atoms with Crippen LogP contribution in [0.3, 0.4) is 0 Å². The van der Waals surface area contributed by atoms with Gasteiger partial charge in [0, 0.05) is 13.1 Å². The number of anilines is 1. The van der Waals surface area contributed by atoms with Crippen LogP contribution in [0.5, 0.6) is 0 Å². The van der Waals surface area contributed by atoms with E-state index >= 15 is 0 Å². The van der Waals surface area contributed by atoms with Crippen LogP contribution in [0, 0.1) is 10.1 Å². The molecule has 0 bridgehead atoms. The third kappa shape index (κ3) is 2.32. The first kappa shape index (κ1) is 11.3. The van der Waals surface area contributed by atoms with Crippen LogP contribution >= 0.6 is 11.3 Å². The Labute approximate surface area is 98.3 Å². The van der Waals surface area contributed by atoms with E-state index in [1.54, 1.807) is 0 Å². The Hall–Kier alpha value is -1.17. The van der Waals surface area contributed by atoms with Gasteiger partial charge in [-0.1, -0.05) is 19.3 Å². The number of thiazole rings is 1. The van der Waals surface area contributed by atoms with Crippen molar-refractivity contribution < 1.29 is 4.92 Å². The molecule has 1 aromatic heterocycles. The highest BCUT2D eigenvalue weighted by Gasteiger charge is 2.22. The molecule has 2 rings (SSSR count).